The van der Waals surface area contributed by atoms with Crippen LogP contribution in [0, 0.1) is 5.92 Å². The van der Waals surface area contributed by atoms with Crippen LogP contribution in [0.2, 0.25) is 5.02 Å². The Morgan fingerprint density at radius 1 is 1.30 bits per heavy atom. The fraction of sp³-hybridized carbons (Fsp3) is 0.235. The van der Waals surface area contributed by atoms with Gasteiger partial charge >= 0.3 is 0 Å². The summed E-state index contributed by atoms with van der Waals surface area (Å²) >= 11 is 5.97. The van der Waals surface area contributed by atoms with E-state index in [1.165, 1.54) is 0 Å². The molecule has 1 N–H and O–H groups in total. The van der Waals surface area contributed by atoms with Crippen molar-refractivity contribution >= 4 is 29.1 Å². The van der Waals surface area contributed by atoms with E-state index < -0.39 is 5.92 Å². The van der Waals surface area contributed by atoms with Crippen LogP contribution in [0.3, 0.4) is 0 Å². The maximum absolute atomic E-state index is 12.5. The van der Waals surface area contributed by atoms with Crippen molar-refractivity contribution in [3.05, 3.63) is 59.4 Å². The van der Waals surface area contributed by atoms with Crippen LogP contribution in [0.1, 0.15) is 12.0 Å². The van der Waals surface area contributed by atoms with Crippen LogP contribution in [0.5, 0.6) is 0 Å². The highest BCUT2D eigenvalue weighted by Crippen LogP contribution is 2.27. The fourth-order valence-corrected chi connectivity index (χ4v) is 2.82. The molecule has 1 saturated heterocycles. The molecule has 1 fully saturated rings. The number of carbonyl (C=O) groups is 2. The van der Waals surface area contributed by atoms with Gasteiger partial charge in [0.1, 0.15) is 5.92 Å². The molecule has 0 aliphatic carbocycles. The molecule has 2 heterocycles. The first-order chi connectivity index (χ1) is 11.1. The number of rotatable bonds is 4. The summed E-state index contributed by atoms with van der Waals surface area (Å²) in [6, 6.07) is 10.8. The minimum atomic E-state index is -0.643. The number of anilines is 1. The third kappa shape index (κ3) is 3.51. The second-order valence-corrected chi connectivity index (χ2v) is 5.82. The highest BCUT2D eigenvalue weighted by atomic mass is 35.5. The lowest BCUT2D eigenvalue weighted by atomic mass is 10.1. The lowest BCUT2D eigenvalue weighted by Gasteiger charge is -2.17. The second kappa shape index (κ2) is 6.79. The van der Waals surface area contributed by atoms with Gasteiger partial charge in [-0.15, -0.1) is 0 Å². The van der Waals surface area contributed by atoms with Crippen molar-refractivity contribution in [3.63, 3.8) is 0 Å². The minimum Gasteiger partial charge on any atom is -0.351 e. The van der Waals surface area contributed by atoms with Crippen molar-refractivity contribution in [2.45, 2.75) is 13.0 Å². The average Bonchev–Trinajstić information content (AvgIpc) is 2.95. The summed E-state index contributed by atoms with van der Waals surface area (Å²) in [5.41, 5.74) is 1.68. The van der Waals surface area contributed by atoms with E-state index >= 15 is 0 Å². The standard InChI is InChI=1S/C17H16ClN3O2/c18-13-2-1-3-14(10-13)21-9-6-15(17(21)23)16(22)20-11-12-4-7-19-8-5-12/h1-5,7-8,10,15H,6,9,11H2,(H,20,22)/t15-/m1/s1. The highest BCUT2D eigenvalue weighted by molar-refractivity contribution is 6.31. The number of halogens is 1. The molecule has 1 aromatic carbocycles. The lowest BCUT2D eigenvalue weighted by Crippen LogP contribution is -2.36. The molecule has 5 nitrogen and oxygen atoms in total. The number of hydrogen-bond donors (Lipinski definition) is 1. The molecule has 0 bridgehead atoms. The van der Waals surface area contributed by atoms with Crippen LogP contribution >= 0.6 is 11.6 Å². The number of nitrogens with one attached hydrogen (secondary N) is 1. The molecular formula is C17H16ClN3O2. The molecule has 1 aromatic heterocycles. The Kier molecular flexibility index (Phi) is 4.57. The Labute approximate surface area is 139 Å². The predicted molar refractivity (Wildman–Crippen MR) is 88.0 cm³/mol. The first-order valence-electron chi connectivity index (χ1n) is 7.39. The van der Waals surface area contributed by atoms with Gasteiger partial charge in [-0.25, -0.2) is 0 Å². The van der Waals surface area contributed by atoms with Crippen LogP contribution in [-0.4, -0.2) is 23.3 Å². The van der Waals surface area contributed by atoms with Gasteiger partial charge in [0.15, 0.2) is 0 Å². The van der Waals surface area contributed by atoms with Gasteiger partial charge in [0, 0.05) is 36.2 Å². The molecule has 0 saturated carbocycles. The van der Waals surface area contributed by atoms with Gasteiger partial charge < -0.3 is 10.2 Å². The number of carbonyl (C=O) groups excluding carboxylic acids is 2. The molecule has 6 heteroatoms. The van der Waals surface area contributed by atoms with Gasteiger partial charge in [0.05, 0.1) is 0 Å². The first kappa shape index (κ1) is 15.5. The van der Waals surface area contributed by atoms with Crippen molar-refractivity contribution in [2.75, 3.05) is 11.4 Å². The SMILES string of the molecule is O=C(NCc1ccncc1)[C@H]1CCN(c2cccc(Cl)c2)C1=O. The van der Waals surface area contributed by atoms with Gasteiger partial charge in [-0.05, 0) is 42.3 Å². The molecule has 2 aromatic rings. The number of benzene rings is 1. The molecule has 3 rings (SSSR count). The molecule has 1 aliphatic rings. The Morgan fingerprint density at radius 2 is 2.09 bits per heavy atom. The lowest BCUT2D eigenvalue weighted by molar-refractivity contribution is -0.132. The molecule has 0 unspecified atom stereocenters. The summed E-state index contributed by atoms with van der Waals surface area (Å²) in [7, 11) is 0. The summed E-state index contributed by atoms with van der Waals surface area (Å²) in [5, 5.41) is 3.38. The van der Waals surface area contributed by atoms with Crippen LogP contribution in [0.25, 0.3) is 0 Å². The largest absolute Gasteiger partial charge is 0.351 e. The van der Waals surface area contributed by atoms with E-state index in [9.17, 15) is 9.59 Å². The zero-order chi connectivity index (χ0) is 16.2. The van der Waals surface area contributed by atoms with E-state index in [1.54, 1.807) is 35.5 Å². The van der Waals surface area contributed by atoms with E-state index in [0.717, 1.165) is 11.3 Å². The van der Waals surface area contributed by atoms with Crippen LogP contribution < -0.4 is 10.2 Å². The van der Waals surface area contributed by atoms with Gasteiger partial charge in [0.2, 0.25) is 11.8 Å². The molecule has 1 aliphatic heterocycles. The molecule has 2 amide bonds. The van der Waals surface area contributed by atoms with Gasteiger partial charge in [0.25, 0.3) is 0 Å². The summed E-state index contributed by atoms with van der Waals surface area (Å²) in [4.78, 5) is 30.3. The van der Waals surface area contributed by atoms with Gasteiger partial charge in [-0.3, -0.25) is 14.6 Å². The molecule has 0 radical (unpaired) electrons. The van der Waals surface area contributed by atoms with Crippen molar-refractivity contribution < 1.29 is 9.59 Å². The second-order valence-electron chi connectivity index (χ2n) is 5.38. The third-order valence-corrected chi connectivity index (χ3v) is 4.09. The Balaban J connectivity index is 1.63. The van der Waals surface area contributed by atoms with Crippen molar-refractivity contribution in [1.82, 2.24) is 10.3 Å². The molecular weight excluding hydrogens is 314 g/mol. The maximum Gasteiger partial charge on any atom is 0.239 e. The molecule has 1 atom stereocenters. The number of nitrogens with zero attached hydrogens (tertiary/aromatic N) is 2. The summed E-state index contributed by atoms with van der Waals surface area (Å²) in [5.74, 6) is -1.06. The maximum atomic E-state index is 12.5. The van der Waals surface area contributed by atoms with Gasteiger partial charge in [-0.1, -0.05) is 17.7 Å². The molecule has 23 heavy (non-hydrogen) atoms. The third-order valence-electron chi connectivity index (χ3n) is 3.86. The number of amides is 2. The zero-order valence-corrected chi connectivity index (χ0v) is 13.2. The van der Waals surface area contributed by atoms with Crippen LogP contribution in [0.15, 0.2) is 48.8 Å². The topological polar surface area (TPSA) is 62.3 Å². The summed E-state index contributed by atoms with van der Waals surface area (Å²) in [6.45, 7) is 0.912. The quantitative estimate of drug-likeness (QED) is 0.876. The van der Waals surface area contributed by atoms with Crippen molar-refractivity contribution in [1.29, 1.82) is 0 Å². The average molecular weight is 330 g/mol. The number of hydrogen-bond acceptors (Lipinski definition) is 3. The van der Waals surface area contributed by atoms with E-state index in [-0.39, 0.29) is 11.8 Å². The summed E-state index contributed by atoms with van der Waals surface area (Å²) < 4.78 is 0. The zero-order valence-electron chi connectivity index (χ0n) is 12.4. The minimum absolute atomic E-state index is 0.181. The van der Waals surface area contributed by atoms with E-state index in [4.69, 9.17) is 11.6 Å². The van der Waals surface area contributed by atoms with E-state index in [1.807, 2.05) is 18.2 Å². The van der Waals surface area contributed by atoms with E-state index in [0.29, 0.717) is 24.5 Å². The normalized spacial score (nSPS) is 17.3. The fourth-order valence-electron chi connectivity index (χ4n) is 2.64. The number of pyridine rings is 1. The van der Waals surface area contributed by atoms with Crippen molar-refractivity contribution in [3.8, 4) is 0 Å². The smallest absolute Gasteiger partial charge is 0.239 e. The molecule has 118 valence electrons. The predicted octanol–water partition coefficient (Wildman–Crippen LogP) is 2.40. The number of aromatic nitrogens is 1. The molecule has 0 spiro atoms. The van der Waals surface area contributed by atoms with E-state index in [2.05, 4.69) is 10.3 Å². The Bertz CT molecular complexity index is 721. The summed E-state index contributed by atoms with van der Waals surface area (Å²) in [6.07, 6.45) is 3.85. The van der Waals surface area contributed by atoms with Crippen molar-refractivity contribution in [2.24, 2.45) is 5.92 Å². The first-order valence-corrected chi connectivity index (χ1v) is 7.76. The van der Waals surface area contributed by atoms with Gasteiger partial charge in [-0.2, -0.15) is 0 Å². The monoisotopic (exact) mass is 329 g/mol. The van der Waals surface area contributed by atoms with Crippen LogP contribution in [-0.2, 0) is 16.1 Å². The highest BCUT2D eigenvalue weighted by Gasteiger charge is 2.37. The van der Waals surface area contributed by atoms with Crippen LogP contribution in [0.4, 0.5) is 5.69 Å². The Hall–Kier alpha value is -2.40. The Morgan fingerprint density at radius 3 is 2.83 bits per heavy atom.